The van der Waals surface area contributed by atoms with Crippen LogP contribution in [0.25, 0.3) is 10.8 Å². The minimum Gasteiger partial charge on any atom is -0.338 e. The van der Waals surface area contributed by atoms with Gasteiger partial charge in [-0.25, -0.2) is 5.32 Å². The van der Waals surface area contributed by atoms with Gasteiger partial charge in [-0.05, 0) is 28.8 Å². The molecule has 2 aliphatic rings. The standard InChI is InChI=1S/C25H24N3O2/c29-23-22(17-18-7-2-1-3-8-18)26-25(27-23)13-15-28(16-14-25)24(30)21-12-6-10-19-9-4-5-11-20(19)21/h1-12,22,26H,13-17H2. The Morgan fingerprint density at radius 2 is 1.67 bits per heavy atom. The molecule has 5 nitrogen and oxygen atoms in total. The van der Waals surface area contributed by atoms with E-state index in [9.17, 15) is 9.59 Å². The van der Waals surface area contributed by atoms with E-state index in [1.807, 2.05) is 77.7 Å². The Labute approximate surface area is 176 Å². The number of rotatable bonds is 3. The molecule has 5 rings (SSSR count). The lowest BCUT2D eigenvalue weighted by atomic mass is 9.96. The van der Waals surface area contributed by atoms with Gasteiger partial charge in [0.25, 0.3) is 11.8 Å². The molecule has 2 amide bonds. The molecule has 0 aliphatic carbocycles. The van der Waals surface area contributed by atoms with Gasteiger partial charge in [0.2, 0.25) is 0 Å². The molecule has 1 N–H and O–H groups in total. The number of hydrogen-bond donors (Lipinski definition) is 1. The smallest absolute Gasteiger partial charge is 0.260 e. The summed E-state index contributed by atoms with van der Waals surface area (Å²) in [6.45, 7) is 1.17. The summed E-state index contributed by atoms with van der Waals surface area (Å²) in [5.41, 5.74) is 1.32. The number of piperidine rings is 1. The lowest BCUT2D eigenvalue weighted by Gasteiger charge is -2.38. The maximum absolute atomic E-state index is 13.2. The molecule has 30 heavy (non-hydrogen) atoms. The highest BCUT2D eigenvalue weighted by Gasteiger charge is 2.47. The van der Waals surface area contributed by atoms with E-state index >= 15 is 0 Å². The van der Waals surface area contributed by atoms with Crippen molar-refractivity contribution in [3.63, 3.8) is 0 Å². The second-order valence-corrected chi connectivity index (χ2v) is 8.19. The molecule has 2 heterocycles. The summed E-state index contributed by atoms with van der Waals surface area (Å²) in [6.07, 6.45) is 1.95. The molecule has 0 saturated carbocycles. The topological polar surface area (TPSA) is 63.5 Å². The molecular weight excluding hydrogens is 374 g/mol. The number of likely N-dealkylation sites (tertiary alicyclic amines) is 1. The Balaban J connectivity index is 1.27. The van der Waals surface area contributed by atoms with Gasteiger partial charge in [-0.2, -0.15) is 0 Å². The van der Waals surface area contributed by atoms with Crippen LogP contribution in [0.15, 0.2) is 72.8 Å². The Hall–Kier alpha value is -3.18. The highest BCUT2D eigenvalue weighted by atomic mass is 16.2. The van der Waals surface area contributed by atoms with Gasteiger partial charge in [-0.1, -0.05) is 66.7 Å². The van der Waals surface area contributed by atoms with Crippen molar-refractivity contribution in [2.45, 2.75) is 31.0 Å². The number of carbonyl (C=O) groups is 2. The molecule has 0 aromatic heterocycles. The van der Waals surface area contributed by atoms with Crippen molar-refractivity contribution in [2.24, 2.45) is 0 Å². The molecule has 2 aliphatic heterocycles. The van der Waals surface area contributed by atoms with Gasteiger partial charge < -0.3 is 4.90 Å². The third-order valence-corrected chi connectivity index (χ3v) is 6.25. The maximum Gasteiger partial charge on any atom is 0.260 e. The second kappa shape index (κ2) is 7.58. The van der Waals surface area contributed by atoms with Gasteiger partial charge in [-0.3, -0.25) is 14.9 Å². The van der Waals surface area contributed by atoms with E-state index in [-0.39, 0.29) is 17.9 Å². The average Bonchev–Trinajstić information content (AvgIpc) is 3.08. The van der Waals surface area contributed by atoms with Crippen molar-refractivity contribution in [3.8, 4) is 0 Å². The summed E-state index contributed by atoms with van der Waals surface area (Å²) in [4.78, 5) is 27.6. The summed E-state index contributed by atoms with van der Waals surface area (Å²) in [6, 6.07) is 23.5. The van der Waals surface area contributed by atoms with Gasteiger partial charge in [0.05, 0.1) is 6.04 Å². The number of fused-ring (bicyclic) bond motifs is 1. The predicted octanol–water partition coefficient (Wildman–Crippen LogP) is 3.12. The minimum absolute atomic E-state index is 0.0480. The SMILES string of the molecule is O=C1[N]C2(CCN(C(=O)c3cccc4ccccc34)CC2)NC1Cc1ccccc1. The third kappa shape index (κ3) is 3.46. The monoisotopic (exact) mass is 398 g/mol. The first-order chi connectivity index (χ1) is 14.6. The fraction of sp³-hybridized carbons (Fsp3) is 0.280. The highest BCUT2D eigenvalue weighted by Crippen LogP contribution is 2.29. The first-order valence-corrected chi connectivity index (χ1v) is 10.5. The van der Waals surface area contributed by atoms with Crippen molar-refractivity contribution in [2.75, 3.05) is 13.1 Å². The lowest BCUT2D eigenvalue weighted by molar-refractivity contribution is -0.121. The highest BCUT2D eigenvalue weighted by molar-refractivity contribution is 6.07. The van der Waals surface area contributed by atoms with Crippen molar-refractivity contribution < 1.29 is 9.59 Å². The maximum atomic E-state index is 13.2. The molecule has 5 heteroatoms. The molecular formula is C25H24N3O2. The van der Waals surface area contributed by atoms with Crippen LogP contribution in [0.2, 0.25) is 0 Å². The summed E-state index contributed by atoms with van der Waals surface area (Å²) < 4.78 is 0. The predicted molar refractivity (Wildman–Crippen MR) is 116 cm³/mol. The van der Waals surface area contributed by atoms with Gasteiger partial charge >= 0.3 is 0 Å². The largest absolute Gasteiger partial charge is 0.338 e. The Morgan fingerprint density at radius 3 is 2.47 bits per heavy atom. The normalized spacial score (nSPS) is 20.5. The fourth-order valence-corrected chi connectivity index (χ4v) is 4.61. The van der Waals surface area contributed by atoms with Crippen LogP contribution in [0, 0.1) is 0 Å². The van der Waals surface area contributed by atoms with E-state index in [4.69, 9.17) is 0 Å². The average molecular weight is 398 g/mol. The summed E-state index contributed by atoms with van der Waals surface area (Å²) in [5.74, 6) is -0.0282. The molecule has 1 atom stereocenters. The van der Waals surface area contributed by atoms with Crippen LogP contribution >= 0.6 is 0 Å². The molecule has 2 fully saturated rings. The van der Waals surface area contributed by atoms with Crippen LogP contribution in [-0.2, 0) is 11.2 Å². The van der Waals surface area contributed by atoms with Crippen LogP contribution in [0.1, 0.15) is 28.8 Å². The number of nitrogens with zero attached hydrogens (tertiary/aromatic N) is 2. The van der Waals surface area contributed by atoms with E-state index in [1.54, 1.807) is 0 Å². The van der Waals surface area contributed by atoms with Crippen LogP contribution in [-0.4, -0.2) is 41.5 Å². The molecule has 3 aromatic carbocycles. The number of nitrogens with one attached hydrogen (secondary N) is 1. The van der Waals surface area contributed by atoms with E-state index < -0.39 is 5.66 Å². The quantitative estimate of drug-likeness (QED) is 0.737. The molecule has 1 spiro atoms. The Kier molecular flexibility index (Phi) is 4.75. The minimum atomic E-state index is -0.536. The molecule has 1 unspecified atom stereocenters. The first kappa shape index (κ1) is 18.8. The molecule has 151 valence electrons. The van der Waals surface area contributed by atoms with Crippen molar-refractivity contribution in [1.29, 1.82) is 0 Å². The van der Waals surface area contributed by atoms with Crippen molar-refractivity contribution >= 4 is 22.6 Å². The Morgan fingerprint density at radius 1 is 0.967 bits per heavy atom. The van der Waals surface area contributed by atoms with Gasteiger partial charge in [0.15, 0.2) is 0 Å². The van der Waals surface area contributed by atoms with Crippen LogP contribution in [0.5, 0.6) is 0 Å². The summed E-state index contributed by atoms with van der Waals surface area (Å²) >= 11 is 0. The first-order valence-electron chi connectivity index (χ1n) is 10.5. The number of hydrogen-bond acceptors (Lipinski definition) is 3. The lowest BCUT2D eigenvalue weighted by Crippen LogP contribution is -2.56. The van der Waals surface area contributed by atoms with E-state index in [2.05, 4.69) is 10.6 Å². The number of benzene rings is 3. The van der Waals surface area contributed by atoms with Crippen molar-refractivity contribution in [1.82, 2.24) is 15.5 Å². The van der Waals surface area contributed by atoms with E-state index in [0.717, 1.165) is 21.9 Å². The zero-order valence-electron chi connectivity index (χ0n) is 16.8. The third-order valence-electron chi connectivity index (χ3n) is 6.25. The van der Waals surface area contributed by atoms with E-state index in [1.165, 1.54) is 0 Å². The Bertz CT molecular complexity index is 1080. The molecule has 0 bridgehead atoms. The van der Waals surface area contributed by atoms with E-state index in [0.29, 0.717) is 32.4 Å². The van der Waals surface area contributed by atoms with Crippen LogP contribution in [0.4, 0.5) is 0 Å². The summed E-state index contributed by atoms with van der Waals surface area (Å²) in [7, 11) is 0. The summed E-state index contributed by atoms with van der Waals surface area (Å²) in [5, 5.41) is 10.0. The fourth-order valence-electron chi connectivity index (χ4n) is 4.61. The zero-order chi connectivity index (χ0) is 20.6. The van der Waals surface area contributed by atoms with Gasteiger partial charge in [0.1, 0.15) is 5.66 Å². The van der Waals surface area contributed by atoms with Crippen LogP contribution in [0.3, 0.4) is 0 Å². The molecule has 3 aromatic rings. The van der Waals surface area contributed by atoms with Gasteiger partial charge in [-0.15, -0.1) is 0 Å². The van der Waals surface area contributed by atoms with Gasteiger partial charge in [0, 0.05) is 31.5 Å². The molecule has 2 saturated heterocycles. The van der Waals surface area contributed by atoms with Crippen molar-refractivity contribution in [3.05, 3.63) is 83.9 Å². The zero-order valence-corrected chi connectivity index (χ0v) is 16.8. The number of amides is 2. The second-order valence-electron chi connectivity index (χ2n) is 8.19. The molecule has 1 radical (unpaired) electrons. The number of carbonyl (C=O) groups excluding carboxylic acids is 2. The van der Waals surface area contributed by atoms with Crippen LogP contribution < -0.4 is 10.6 Å².